The van der Waals surface area contributed by atoms with Crippen molar-refractivity contribution in [2.75, 3.05) is 14.2 Å². The SMILES string of the molecule is COc1ccc([C@@H](C)NC(=O)CCn2c(-c3ccncc3)cc3cccnc32)cc1OC. The Balaban J connectivity index is 1.50. The summed E-state index contributed by atoms with van der Waals surface area (Å²) in [7, 11) is 3.20. The number of aryl methyl sites for hydroxylation is 1. The van der Waals surface area contributed by atoms with E-state index in [0.29, 0.717) is 24.5 Å². The number of nitrogens with one attached hydrogen (secondary N) is 1. The molecule has 32 heavy (non-hydrogen) atoms. The minimum Gasteiger partial charge on any atom is -0.493 e. The van der Waals surface area contributed by atoms with E-state index in [4.69, 9.17) is 9.47 Å². The molecule has 0 aliphatic carbocycles. The number of carbonyl (C=O) groups excluding carboxylic acids is 1. The number of carbonyl (C=O) groups is 1. The highest BCUT2D eigenvalue weighted by Gasteiger charge is 2.15. The molecule has 0 saturated carbocycles. The van der Waals surface area contributed by atoms with Gasteiger partial charge in [-0.2, -0.15) is 0 Å². The number of benzene rings is 1. The van der Waals surface area contributed by atoms with Crippen LogP contribution < -0.4 is 14.8 Å². The van der Waals surface area contributed by atoms with Gasteiger partial charge in [0.05, 0.1) is 26.0 Å². The first-order valence-corrected chi connectivity index (χ1v) is 10.5. The molecule has 0 radical (unpaired) electrons. The summed E-state index contributed by atoms with van der Waals surface area (Å²) in [5, 5.41) is 4.12. The number of hydrogen-bond acceptors (Lipinski definition) is 5. The van der Waals surface area contributed by atoms with Crippen LogP contribution >= 0.6 is 0 Å². The van der Waals surface area contributed by atoms with Gasteiger partial charge >= 0.3 is 0 Å². The Hall–Kier alpha value is -3.87. The zero-order valence-electron chi connectivity index (χ0n) is 18.4. The quantitative estimate of drug-likeness (QED) is 0.449. The Morgan fingerprint density at radius 1 is 1.03 bits per heavy atom. The van der Waals surface area contributed by atoms with Gasteiger partial charge in [-0.1, -0.05) is 6.07 Å². The van der Waals surface area contributed by atoms with Crippen LogP contribution in [0.1, 0.15) is 24.9 Å². The molecule has 0 unspecified atom stereocenters. The van der Waals surface area contributed by atoms with Gasteiger partial charge < -0.3 is 19.4 Å². The summed E-state index contributed by atoms with van der Waals surface area (Å²) in [6.07, 6.45) is 5.63. The molecule has 7 heteroatoms. The van der Waals surface area contributed by atoms with Crippen LogP contribution in [-0.4, -0.2) is 34.7 Å². The molecule has 164 valence electrons. The first kappa shape index (κ1) is 21.4. The van der Waals surface area contributed by atoms with Gasteiger partial charge in [0.2, 0.25) is 5.91 Å². The van der Waals surface area contributed by atoms with Gasteiger partial charge in [0.1, 0.15) is 5.65 Å². The van der Waals surface area contributed by atoms with Crippen molar-refractivity contribution < 1.29 is 14.3 Å². The molecule has 1 atom stereocenters. The monoisotopic (exact) mass is 430 g/mol. The fourth-order valence-electron chi connectivity index (χ4n) is 3.81. The van der Waals surface area contributed by atoms with Crippen molar-refractivity contribution in [3.63, 3.8) is 0 Å². The number of rotatable bonds is 8. The van der Waals surface area contributed by atoms with Gasteiger partial charge in [-0.25, -0.2) is 4.98 Å². The Labute approximate surface area is 187 Å². The topological polar surface area (TPSA) is 78.3 Å². The zero-order valence-corrected chi connectivity index (χ0v) is 18.4. The van der Waals surface area contributed by atoms with Crippen LogP contribution in [0.2, 0.25) is 0 Å². The summed E-state index contributed by atoms with van der Waals surface area (Å²) in [6.45, 7) is 2.47. The Morgan fingerprint density at radius 3 is 2.56 bits per heavy atom. The molecule has 0 saturated heterocycles. The fraction of sp³-hybridized carbons (Fsp3) is 0.240. The zero-order chi connectivity index (χ0) is 22.5. The lowest BCUT2D eigenvalue weighted by molar-refractivity contribution is -0.121. The maximum Gasteiger partial charge on any atom is 0.222 e. The predicted molar refractivity (Wildman–Crippen MR) is 124 cm³/mol. The fourth-order valence-corrected chi connectivity index (χ4v) is 3.81. The molecule has 0 aliphatic rings. The van der Waals surface area contributed by atoms with Gasteiger partial charge in [0.25, 0.3) is 0 Å². The van der Waals surface area contributed by atoms with E-state index in [-0.39, 0.29) is 11.9 Å². The Morgan fingerprint density at radius 2 is 1.81 bits per heavy atom. The van der Waals surface area contributed by atoms with Crippen molar-refractivity contribution in [1.29, 1.82) is 0 Å². The van der Waals surface area contributed by atoms with Gasteiger partial charge in [0.15, 0.2) is 11.5 Å². The van der Waals surface area contributed by atoms with Crippen molar-refractivity contribution in [3.05, 3.63) is 72.7 Å². The summed E-state index contributed by atoms with van der Waals surface area (Å²) < 4.78 is 12.8. The number of hydrogen-bond donors (Lipinski definition) is 1. The number of pyridine rings is 2. The molecular weight excluding hydrogens is 404 g/mol. The Kier molecular flexibility index (Phi) is 6.35. The average Bonchev–Trinajstić information content (AvgIpc) is 3.21. The van der Waals surface area contributed by atoms with E-state index in [1.54, 1.807) is 32.8 Å². The number of amides is 1. The summed E-state index contributed by atoms with van der Waals surface area (Å²) in [4.78, 5) is 21.4. The number of aromatic nitrogens is 3. The first-order valence-electron chi connectivity index (χ1n) is 10.5. The van der Waals surface area contributed by atoms with Gasteiger partial charge in [-0.15, -0.1) is 0 Å². The summed E-state index contributed by atoms with van der Waals surface area (Å²) in [5.74, 6) is 1.26. The van der Waals surface area contributed by atoms with E-state index in [1.165, 1.54) is 0 Å². The lowest BCUT2D eigenvalue weighted by Gasteiger charge is -2.17. The number of methoxy groups -OCH3 is 2. The molecule has 0 aliphatic heterocycles. The van der Waals surface area contributed by atoms with Crippen molar-refractivity contribution in [2.45, 2.75) is 25.9 Å². The van der Waals surface area contributed by atoms with Crippen LogP contribution in [0.25, 0.3) is 22.3 Å². The van der Waals surface area contributed by atoms with Crippen LogP contribution in [0, 0.1) is 0 Å². The first-order chi connectivity index (χ1) is 15.6. The average molecular weight is 431 g/mol. The van der Waals surface area contributed by atoms with Crippen LogP contribution in [0.3, 0.4) is 0 Å². The second-order valence-corrected chi connectivity index (χ2v) is 7.49. The predicted octanol–water partition coefficient (Wildman–Crippen LogP) is 4.38. The molecule has 1 aromatic carbocycles. The van der Waals surface area contributed by atoms with Crippen LogP contribution in [0.5, 0.6) is 11.5 Å². The number of nitrogens with zero attached hydrogens (tertiary/aromatic N) is 3. The third-order valence-corrected chi connectivity index (χ3v) is 5.48. The Bertz CT molecular complexity index is 1220. The summed E-state index contributed by atoms with van der Waals surface area (Å²) >= 11 is 0. The number of ether oxygens (including phenoxy) is 2. The second-order valence-electron chi connectivity index (χ2n) is 7.49. The van der Waals surface area contributed by atoms with E-state index < -0.39 is 0 Å². The maximum absolute atomic E-state index is 12.8. The molecule has 4 aromatic rings. The lowest BCUT2D eigenvalue weighted by atomic mass is 10.1. The molecule has 0 fully saturated rings. The van der Waals surface area contributed by atoms with Crippen molar-refractivity contribution >= 4 is 16.9 Å². The molecular formula is C25H26N4O3. The van der Waals surface area contributed by atoms with Gasteiger partial charge in [-0.3, -0.25) is 9.78 Å². The lowest BCUT2D eigenvalue weighted by Crippen LogP contribution is -2.27. The van der Waals surface area contributed by atoms with E-state index in [9.17, 15) is 4.79 Å². The van der Waals surface area contributed by atoms with E-state index in [0.717, 1.165) is 27.9 Å². The summed E-state index contributed by atoms with van der Waals surface area (Å²) in [5.41, 5.74) is 3.86. The highest BCUT2D eigenvalue weighted by atomic mass is 16.5. The van der Waals surface area contributed by atoms with Crippen molar-refractivity contribution in [2.24, 2.45) is 0 Å². The maximum atomic E-state index is 12.8. The van der Waals surface area contributed by atoms with Crippen LogP contribution in [0.15, 0.2) is 67.1 Å². The summed E-state index contributed by atoms with van der Waals surface area (Å²) in [6, 6.07) is 15.5. The minimum absolute atomic E-state index is 0.0363. The molecule has 3 heterocycles. The van der Waals surface area contributed by atoms with Gasteiger partial charge in [0, 0.05) is 42.5 Å². The second kappa shape index (κ2) is 9.51. The third kappa shape index (κ3) is 4.42. The van der Waals surface area contributed by atoms with Crippen molar-refractivity contribution in [1.82, 2.24) is 19.9 Å². The van der Waals surface area contributed by atoms with E-state index in [2.05, 4.69) is 25.9 Å². The normalized spacial score (nSPS) is 11.8. The molecule has 0 bridgehead atoms. The molecule has 0 spiro atoms. The third-order valence-electron chi connectivity index (χ3n) is 5.48. The molecule has 3 aromatic heterocycles. The molecule has 4 rings (SSSR count). The largest absolute Gasteiger partial charge is 0.493 e. The van der Waals surface area contributed by atoms with Gasteiger partial charge in [-0.05, 0) is 55.0 Å². The highest BCUT2D eigenvalue weighted by Crippen LogP contribution is 2.30. The minimum atomic E-state index is -0.165. The number of fused-ring (bicyclic) bond motifs is 1. The smallest absolute Gasteiger partial charge is 0.222 e. The molecule has 1 amide bonds. The van der Waals surface area contributed by atoms with Crippen molar-refractivity contribution in [3.8, 4) is 22.8 Å². The molecule has 7 nitrogen and oxygen atoms in total. The molecule has 1 N–H and O–H groups in total. The van der Waals surface area contributed by atoms with E-state index >= 15 is 0 Å². The van der Waals surface area contributed by atoms with E-state index in [1.807, 2.05) is 49.4 Å². The standard InChI is InChI=1S/C25H26N4O3/c1-17(19-6-7-22(31-2)23(16-19)32-3)28-24(30)10-14-29-21(18-8-12-26-13-9-18)15-20-5-4-11-27-25(20)29/h4-9,11-13,15-17H,10,14H2,1-3H3,(H,28,30)/t17-/m1/s1. The van der Waals surface area contributed by atoms with Crippen LogP contribution in [0.4, 0.5) is 0 Å². The highest BCUT2D eigenvalue weighted by molar-refractivity contribution is 5.84. The van der Waals surface area contributed by atoms with Crippen LogP contribution in [-0.2, 0) is 11.3 Å².